The van der Waals surface area contributed by atoms with E-state index in [1.807, 2.05) is 6.07 Å². The first-order valence-corrected chi connectivity index (χ1v) is 7.15. The van der Waals surface area contributed by atoms with E-state index >= 15 is 0 Å². The van der Waals surface area contributed by atoms with Gasteiger partial charge in [-0.25, -0.2) is 0 Å². The largest absolute Gasteiger partial charge is 0.396 e. The Morgan fingerprint density at radius 3 is 2.95 bits per heavy atom. The van der Waals surface area contributed by atoms with Crippen molar-refractivity contribution in [2.24, 2.45) is 5.92 Å². The van der Waals surface area contributed by atoms with E-state index in [2.05, 4.69) is 20.8 Å². The SMILES string of the molecule is O=[N+]([O-])c1ccc(CN2CCC(CCO)C2)c(Br)c1. The summed E-state index contributed by atoms with van der Waals surface area (Å²) in [5.74, 6) is 0.571. The molecule has 0 amide bonds. The summed E-state index contributed by atoms with van der Waals surface area (Å²) >= 11 is 3.40. The molecule has 1 N–H and O–H groups in total. The lowest BCUT2D eigenvalue weighted by molar-refractivity contribution is -0.384. The van der Waals surface area contributed by atoms with Gasteiger partial charge in [-0.15, -0.1) is 0 Å². The zero-order valence-corrected chi connectivity index (χ0v) is 12.2. The molecule has 1 aliphatic rings. The standard InChI is InChI=1S/C13H17BrN2O3/c14-13-7-12(16(18)19)2-1-11(13)9-15-5-3-10(8-15)4-6-17/h1-2,7,10,17H,3-6,8-9H2. The van der Waals surface area contributed by atoms with Crippen LogP contribution >= 0.6 is 15.9 Å². The summed E-state index contributed by atoms with van der Waals surface area (Å²) in [7, 11) is 0. The Labute approximate surface area is 120 Å². The fourth-order valence-corrected chi connectivity index (χ4v) is 2.99. The Balaban J connectivity index is 1.98. The predicted octanol–water partition coefficient (Wildman–Crippen LogP) is 2.56. The summed E-state index contributed by atoms with van der Waals surface area (Å²) in [6.07, 6.45) is 1.98. The van der Waals surface area contributed by atoms with Gasteiger partial charge in [0.1, 0.15) is 0 Å². The van der Waals surface area contributed by atoms with Crippen LogP contribution in [0.25, 0.3) is 0 Å². The molecule has 0 spiro atoms. The van der Waals surface area contributed by atoms with Crippen molar-refractivity contribution in [3.05, 3.63) is 38.3 Å². The molecule has 0 aromatic heterocycles. The fourth-order valence-electron chi connectivity index (χ4n) is 2.49. The molecule has 0 saturated carbocycles. The third kappa shape index (κ3) is 3.75. The highest BCUT2D eigenvalue weighted by molar-refractivity contribution is 9.10. The maximum Gasteiger partial charge on any atom is 0.270 e. The molecular formula is C13H17BrN2O3. The number of rotatable bonds is 5. The number of nitrogens with zero attached hydrogens (tertiary/aromatic N) is 2. The van der Waals surface area contributed by atoms with Gasteiger partial charge in [0.15, 0.2) is 0 Å². The highest BCUT2D eigenvalue weighted by Crippen LogP contribution is 2.27. The highest BCUT2D eigenvalue weighted by Gasteiger charge is 2.22. The summed E-state index contributed by atoms with van der Waals surface area (Å²) in [6, 6.07) is 4.90. The number of aliphatic hydroxyl groups is 1. The van der Waals surface area contributed by atoms with Crippen LogP contribution in [0.15, 0.2) is 22.7 Å². The quantitative estimate of drug-likeness (QED) is 0.666. The molecule has 1 fully saturated rings. The zero-order chi connectivity index (χ0) is 13.8. The number of halogens is 1. The number of hydrogen-bond donors (Lipinski definition) is 1. The van der Waals surface area contributed by atoms with Crippen LogP contribution in [0.2, 0.25) is 0 Å². The lowest BCUT2D eigenvalue weighted by atomic mass is 10.1. The van der Waals surface area contributed by atoms with E-state index in [1.54, 1.807) is 12.1 Å². The lowest BCUT2D eigenvalue weighted by Crippen LogP contribution is -2.20. The van der Waals surface area contributed by atoms with Crippen LogP contribution in [0, 0.1) is 16.0 Å². The third-order valence-electron chi connectivity index (χ3n) is 3.55. The molecule has 2 rings (SSSR count). The molecular weight excluding hydrogens is 312 g/mol. The lowest BCUT2D eigenvalue weighted by Gasteiger charge is -2.16. The van der Waals surface area contributed by atoms with E-state index in [9.17, 15) is 10.1 Å². The monoisotopic (exact) mass is 328 g/mol. The third-order valence-corrected chi connectivity index (χ3v) is 4.29. The summed E-state index contributed by atoms with van der Waals surface area (Å²) in [6.45, 7) is 3.05. The fraction of sp³-hybridized carbons (Fsp3) is 0.538. The minimum absolute atomic E-state index is 0.107. The molecule has 1 atom stereocenters. The van der Waals surface area contributed by atoms with Crippen molar-refractivity contribution in [2.45, 2.75) is 19.4 Å². The van der Waals surface area contributed by atoms with E-state index in [0.717, 1.165) is 42.5 Å². The van der Waals surface area contributed by atoms with E-state index < -0.39 is 0 Å². The minimum atomic E-state index is -0.387. The smallest absolute Gasteiger partial charge is 0.270 e. The summed E-state index contributed by atoms with van der Waals surface area (Å²) in [5.41, 5.74) is 1.17. The first-order valence-electron chi connectivity index (χ1n) is 6.36. The Morgan fingerprint density at radius 1 is 1.53 bits per heavy atom. The van der Waals surface area contributed by atoms with Gasteiger partial charge in [0.25, 0.3) is 5.69 Å². The molecule has 104 valence electrons. The summed E-state index contributed by atoms with van der Waals surface area (Å²) < 4.78 is 0.785. The van der Waals surface area contributed by atoms with Crippen LogP contribution in [0.3, 0.4) is 0 Å². The Hall–Kier alpha value is -0.980. The average molecular weight is 329 g/mol. The van der Waals surface area contributed by atoms with Crippen molar-refractivity contribution >= 4 is 21.6 Å². The molecule has 1 aromatic rings. The van der Waals surface area contributed by atoms with E-state index in [-0.39, 0.29) is 17.2 Å². The number of hydrogen-bond acceptors (Lipinski definition) is 4. The first kappa shape index (κ1) is 14.4. The number of nitro groups is 1. The van der Waals surface area contributed by atoms with Crippen LogP contribution in [0.4, 0.5) is 5.69 Å². The zero-order valence-electron chi connectivity index (χ0n) is 10.6. The van der Waals surface area contributed by atoms with Gasteiger partial charge in [0, 0.05) is 36.3 Å². The number of non-ortho nitro benzene ring substituents is 1. The molecule has 1 aromatic carbocycles. The normalized spacial score (nSPS) is 19.8. The van der Waals surface area contributed by atoms with Gasteiger partial charge in [-0.3, -0.25) is 15.0 Å². The molecule has 1 unspecified atom stereocenters. The van der Waals surface area contributed by atoms with Crippen molar-refractivity contribution in [1.82, 2.24) is 4.90 Å². The van der Waals surface area contributed by atoms with Crippen molar-refractivity contribution in [1.29, 1.82) is 0 Å². The van der Waals surface area contributed by atoms with Gasteiger partial charge >= 0.3 is 0 Å². The molecule has 0 radical (unpaired) electrons. The second-order valence-corrected chi connectivity index (χ2v) is 5.79. The van der Waals surface area contributed by atoms with Gasteiger partial charge in [0.05, 0.1) is 4.92 Å². The maximum atomic E-state index is 10.7. The molecule has 6 heteroatoms. The van der Waals surface area contributed by atoms with Crippen molar-refractivity contribution in [2.75, 3.05) is 19.7 Å². The van der Waals surface area contributed by atoms with Gasteiger partial charge in [-0.1, -0.05) is 15.9 Å². The number of likely N-dealkylation sites (tertiary alicyclic amines) is 1. The average Bonchev–Trinajstić information content (AvgIpc) is 2.79. The van der Waals surface area contributed by atoms with E-state index in [4.69, 9.17) is 5.11 Å². The molecule has 0 aliphatic carbocycles. The number of nitro benzene ring substituents is 1. The van der Waals surface area contributed by atoms with Crippen LogP contribution in [0.5, 0.6) is 0 Å². The van der Waals surface area contributed by atoms with Crippen LogP contribution in [-0.2, 0) is 6.54 Å². The minimum Gasteiger partial charge on any atom is -0.396 e. The second kappa shape index (κ2) is 6.45. The summed E-state index contributed by atoms with van der Waals surface area (Å²) in [5, 5.41) is 19.6. The van der Waals surface area contributed by atoms with Crippen LogP contribution in [-0.4, -0.2) is 34.6 Å². The number of aliphatic hydroxyl groups excluding tert-OH is 1. The van der Waals surface area contributed by atoms with Gasteiger partial charge in [0.2, 0.25) is 0 Å². The molecule has 1 saturated heterocycles. The Bertz CT molecular complexity index is 467. The first-order chi connectivity index (χ1) is 9.10. The maximum absolute atomic E-state index is 10.7. The molecule has 1 heterocycles. The molecule has 0 bridgehead atoms. The Kier molecular flexibility index (Phi) is 4.90. The number of benzene rings is 1. The van der Waals surface area contributed by atoms with Gasteiger partial charge in [-0.05, 0) is 36.9 Å². The summed E-state index contributed by atoms with van der Waals surface area (Å²) in [4.78, 5) is 12.6. The van der Waals surface area contributed by atoms with Crippen LogP contribution < -0.4 is 0 Å². The molecule has 19 heavy (non-hydrogen) atoms. The van der Waals surface area contributed by atoms with Crippen molar-refractivity contribution in [3.63, 3.8) is 0 Å². The van der Waals surface area contributed by atoms with Gasteiger partial charge in [-0.2, -0.15) is 0 Å². The molecule has 1 aliphatic heterocycles. The van der Waals surface area contributed by atoms with Crippen LogP contribution in [0.1, 0.15) is 18.4 Å². The predicted molar refractivity (Wildman–Crippen MR) is 75.9 cm³/mol. The van der Waals surface area contributed by atoms with Crippen molar-refractivity contribution in [3.8, 4) is 0 Å². The molecule has 5 nitrogen and oxygen atoms in total. The Morgan fingerprint density at radius 2 is 2.32 bits per heavy atom. The topological polar surface area (TPSA) is 66.6 Å². The van der Waals surface area contributed by atoms with Crippen molar-refractivity contribution < 1.29 is 10.0 Å². The van der Waals surface area contributed by atoms with E-state index in [0.29, 0.717) is 5.92 Å². The highest BCUT2D eigenvalue weighted by atomic mass is 79.9. The van der Waals surface area contributed by atoms with E-state index in [1.165, 1.54) is 0 Å². The second-order valence-electron chi connectivity index (χ2n) is 4.93. The van der Waals surface area contributed by atoms with Gasteiger partial charge < -0.3 is 5.11 Å².